The van der Waals surface area contributed by atoms with E-state index in [9.17, 15) is 9.18 Å². The summed E-state index contributed by atoms with van der Waals surface area (Å²) in [6, 6.07) is 16.7. The lowest BCUT2D eigenvalue weighted by molar-refractivity contribution is -0.129. The van der Waals surface area contributed by atoms with Crippen LogP contribution in [0.5, 0.6) is 0 Å². The Balaban J connectivity index is 1.61. The first-order valence-corrected chi connectivity index (χ1v) is 8.43. The number of carbonyl (C=O) groups excluding carboxylic acids is 1. The number of carbonyl (C=O) groups is 1. The molecule has 0 bridgehead atoms. The first-order valence-electron chi connectivity index (χ1n) is 7.44. The highest BCUT2D eigenvalue weighted by Gasteiger charge is 2.32. The fourth-order valence-corrected chi connectivity index (χ4v) is 3.14. The molecule has 0 heterocycles. The summed E-state index contributed by atoms with van der Waals surface area (Å²) < 4.78 is 13.0. The van der Waals surface area contributed by atoms with Gasteiger partial charge in [-0.05, 0) is 42.7 Å². The Morgan fingerprint density at radius 2 is 1.77 bits per heavy atom. The van der Waals surface area contributed by atoms with Crippen LogP contribution in [0.3, 0.4) is 0 Å². The van der Waals surface area contributed by atoms with E-state index in [1.54, 1.807) is 23.9 Å². The van der Waals surface area contributed by atoms with Gasteiger partial charge in [-0.25, -0.2) is 4.39 Å². The summed E-state index contributed by atoms with van der Waals surface area (Å²) in [4.78, 5) is 15.5. The molecular formula is C18H18FNOS. The molecule has 3 rings (SSSR count). The molecule has 0 saturated heterocycles. The summed E-state index contributed by atoms with van der Waals surface area (Å²) in [5.74, 6) is 0.357. The maximum absolute atomic E-state index is 13.0. The lowest BCUT2D eigenvalue weighted by Crippen LogP contribution is -2.33. The first kappa shape index (κ1) is 15.1. The number of hydrogen-bond acceptors (Lipinski definition) is 2. The van der Waals surface area contributed by atoms with Gasteiger partial charge < -0.3 is 4.90 Å². The Morgan fingerprint density at radius 1 is 1.09 bits per heavy atom. The summed E-state index contributed by atoms with van der Waals surface area (Å²) in [7, 11) is 0. The molecule has 0 aliphatic heterocycles. The number of thioether (sulfide) groups is 1. The van der Waals surface area contributed by atoms with Gasteiger partial charge in [0.15, 0.2) is 0 Å². The summed E-state index contributed by atoms with van der Waals surface area (Å²) in [6.07, 6.45) is 2.14. The van der Waals surface area contributed by atoms with Gasteiger partial charge in [0, 0.05) is 17.5 Å². The predicted molar refractivity (Wildman–Crippen MR) is 87.1 cm³/mol. The number of amides is 1. The molecule has 4 heteroatoms. The second kappa shape index (κ2) is 6.97. The van der Waals surface area contributed by atoms with E-state index in [0.29, 0.717) is 18.3 Å². The molecule has 1 fully saturated rings. The quantitative estimate of drug-likeness (QED) is 0.748. The molecule has 1 aliphatic carbocycles. The van der Waals surface area contributed by atoms with Crippen LogP contribution in [-0.2, 0) is 11.3 Å². The van der Waals surface area contributed by atoms with E-state index in [1.165, 1.54) is 12.1 Å². The second-order valence-corrected chi connectivity index (χ2v) is 6.53. The standard InChI is InChI=1S/C18H18FNOS/c19-15-8-6-14(7-9-15)12-20(16-10-11-16)18(21)13-22-17-4-2-1-3-5-17/h1-9,16H,10-13H2. The lowest BCUT2D eigenvalue weighted by atomic mass is 10.2. The minimum atomic E-state index is -0.243. The van der Waals surface area contributed by atoms with Gasteiger partial charge in [-0.1, -0.05) is 30.3 Å². The van der Waals surface area contributed by atoms with Crippen LogP contribution in [-0.4, -0.2) is 22.6 Å². The maximum atomic E-state index is 13.0. The van der Waals surface area contributed by atoms with Gasteiger partial charge >= 0.3 is 0 Å². The van der Waals surface area contributed by atoms with Crippen molar-refractivity contribution in [1.82, 2.24) is 4.90 Å². The molecular weight excluding hydrogens is 297 g/mol. The average Bonchev–Trinajstić information content (AvgIpc) is 3.38. The molecule has 0 N–H and O–H groups in total. The van der Waals surface area contributed by atoms with E-state index in [4.69, 9.17) is 0 Å². The van der Waals surface area contributed by atoms with Gasteiger partial charge in [0.25, 0.3) is 0 Å². The van der Waals surface area contributed by atoms with E-state index in [-0.39, 0.29) is 11.7 Å². The molecule has 0 aromatic heterocycles. The highest BCUT2D eigenvalue weighted by molar-refractivity contribution is 8.00. The summed E-state index contributed by atoms with van der Waals surface area (Å²) >= 11 is 1.56. The zero-order valence-electron chi connectivity index (χ0n) is 12.2. The van der Waals surface area contributed by atoms with Crippen molar-refractivity contribution in [2.75, 3.05) is 5.75 Å². The third-order valence-electron chi connectivity index (χ3n) is 3.68. The molecule has 0 radical (unpaired) electrons. The zero-order valence-corrected chi connectivity index (χ0v) is 13.1. The van der Waals surface area contributed by atoms with E-state index in [2.05, 4.69) is 0 Å². The van der Waals surface area contributed by atoms with Crippen LogP contribution in [0.2, 0.25) is 0 Å². The van der Waals surface area contributed by atoms with E-state index in [0.717, 1.165) is 23.3 Å². The van der Waals surface area contributed by atoms with Crippen molar-refractivity contribution in [3.8, 4) is 0 Å². The minimum absolute atomic E-state index is 0.153. The monoisotopic (exact) mass is 315 g/mol. The fraction of sp³-hybridized carbons (Fsp3) is 0.278. The number of hydrogen-bond donors (Lipinski definition) is 0. The Morgan fingerprint density at radius 3 is 2.41 bits per heavy atom. The Bertz CT molecular complexity index is 625. The second-order valence-electron chi connectivity index (χ2n) is 5.48. The van der Waals surface area contributed by atoms with Crippen LogP contribution in [0.1, 0.15) is 18.4 Å². The molecule has 0 spiro atoms. The normalized spacial score (nSPS) is 13.9. The van der Waals surface area contributed by atoms with Crippen molar-refractivity contribution in [3.05, 3.63) is 66.0 Å². The third-order valence-corrected chi connectivity index (χ3v) is 4.68. The molecule has 22 heavy (non-hydrogen) atoms. The van der Waals surface area contributed by atoms with Crippen molar-refractivity contribution < 1.29 is 9.18 Å². The number of nitrogens with zero attached hydrogens (tertiary/aromatic N) is 1. The van der Waals surface area contributed by atoms with E-state index < -0.39 is 0 Å². The predicted octanol–water partition coefficient (Wildman–Crippen LogP) is 4.11. The summed E-state index contributed by atoms with van der Waals surface area (Å²) in [5.41, 5.74) is 0.978. The van der Waals surface area contributed by atoms with Crippen LogP contribution in [0.25, 0.3) is 0 Å². The van der Waals surface area contributed by atoms with Crippen molar-refractivity contribution in [2.45, 2.75) is 30.3 Å². The molecule has 1 saturated carbocycles. The van der Waals surface area contributed by atoms with Gasteiger partial charge in [-0.15, -0.1) is 11.8 Å². The van der Waals surface area contributed by atoms with Gasteiger partial charge in [-0.3, -0.25) is 4.79 Å². The molecule has 0 atom stereocenters. The fourth-order valence-electron chi connectivity index (χ4n) is 2.34. The average molecular weight is 315 g/mol. The smallest absolute Gasteiger partial charge is 0.233 e. The molecule has 114 valence electrons. The number of rotatable bonds is 6. The van der Waals surface area contributed by atoms with Gasteiger partial charge in [0.2, 0.25) is 5.91 Å². The highest BCUT2D eigenvalue weighted by atomic mass is 32.2. The van der Waals surface area contributed by atoms with Gasteiger partial charge in [-0.2, -0.15) is 0 Å². The van der Waals surface area contributed by atoms with Crippen LogP contribution < -0.4 is 0 Å². The zero-order chi connectivity index (χ0) is 15.4. The topological polar surface area (TPSA) is 20.3 Å². The maximum Gasteiger partial charge on any atom is 0.233 e. The van der Waals surface area contributed by atoms with Crippen molar-refractivity contribution >= 4 is 17.7 Å². The van der Waals surface area contributed by atoms with E-state index in [1.807, 2.05) is 35.2 Å². The Hall–Kier alpha value is -1.81. The molecule has 2 nitrogen and oxygen atoms in total. The number of benzene rings is 2. The Labute approximate surface area is 134 Å². The van der Waals surface area contributed by atoms with Crippen LogP contribution in [0.4, 0.5) is 4.39 Å². The molecule has 2 aromatic carbocycles. The molecule has 1 amide bonds. The molecule has 1 aliphatic rings. The minimum Gasteiger partial charge on any atom is -0.335 e. The summed E-state index contributed by atoms with van der Waals surface area (Å²) in [5, 5.41) is 0. The largest absolute Gasteiger partial charge is 0.335 e. The molecule has 2 aromatic rings. The van der Waals surface area contributed by atoms with Crippen LogP contribution >= 0.6 is 11.8 Å². The number of halogens is 1. The SMILES string of the molecule is O=C(CSc1ccccc1)N(Cc1ccc(F)cc1)C1CC1. The Kier molecular flexibility index (Phi) is 4.78. The highest BCUT2D eigenvalue weighted by Crippen LogP contribution is 2.29. The third kappa shape index (κ3) is 4.10. The van der Waals surface area contributed by atoms with Crippen molar-refractivity contribution in [2.24, 2.45) is 0 Å². The van der Waals surface area contributed by atoms with Crippen molar-refractivity contribution in [1.29, 1.82) is 0 Å². The summed E-state index contributed by atoms with van der Waals surface area (Å²) in [6.45, 7) is 0.569. The van der Waals surface area contributed by atoms with E-state index >= 15 is 0 Å². The van der Waals surface area contributed by atoms with Crippen molar-refractivity contribution in [3.63, 3.8) is 0 Å². The first-order chi connectivity index (χ1) is 10.7. The van der Waals surface area contributed by atoms with Crippen LogP contribution in [0.15, 0.2) is 59.5 Å². The van der Waals surface area contributed by atoms with Crippen LogP contribution in [0, 0.1) is 5.82 Å². The van der Waals surface area contributed by atoms with Gasteiger partial charge in [0.05, 0.1) is 5.75 Å². The van der Waals surface area contributed by atoms with Gasteiger partial charge in [0.1, 0.15) is 5.82 Å². The molecule has 0 unspecified atom stereocenters. The lowest BCUT2D eigenvalue weighted by Gasteiger charge is -2.22.